The topological polar surface area (TPSA) is 66.4 Å². The van der Waals surface area contributed by atoms with E-state index in [1.807, 2.05) is 6.92 Å². The maximum Gasteiger partial charge on any atom is 0.230 e. The number of nitrogens with one attached hydrogen (secondary N) is 1. The molecule has 0 saturated heterocycles. The molecule has 1 unspecified atom stereocenters. The zero-order valence-electron chi connectivity index (χ0n) is 8.46. The summed E-state index contributed by atoms with van der Waals surface area (Å²) < 4.78 is 25.3. The molecule has 0 bridgehead atoms. The third-order valence-electron chi connectivity index (χ3n) is 1.88. The van der Waals surface area contributed by atoms with Crippen LogP contribution in [0.15, 0.2) is 10.5 Å². The molecule has 1 atom stereocenters. The van der Waals surface area contributed by atoms with Crippen LogP contribution < -0.4 is 4.72 Å². The number of rotatable bonds is 4. The second-order valence-corrected chi connectivity index (χ2v) is 4.93. The fraction of sp³-hybridized carbons (Fsp3) is 0.667. The van der Waals surface area contributed by atoms with E-state index in [0.29, 0.717) is 0 Å². The van der Waals surface area contributed by atoms with Gasteiger partial charge in [-0.2, -0.15) is 0 Å². The van der Waals surface area contributed by atoms with Crippen molar-refractivity contribution in [1.82, 2.24) is 4.72 Å². The highest BCUT2D eigenvalue weighted by atomic mass is 32.2. The zero-order valence-corrected chi connectivity index (χ0v) is 9.27. The van der Waals surface area contributed by atoms with Crippen LogP contribution in [0.3, 0.4) is 0 Å². The normalized spacial score (nSPS) is 16.5. The maximum absolute atomic E-state index is 11.4. The van der Waals surface area contributed by atoms with Gasteiger partial charge in [0.15, 0.2) is 15.7 Å². The second-order valence-electron chi connectivity index (χ2n) is 3.07. The van der Waals surface area contributed by atoms with Crippen molar-refractivity contribution >= 4 is 25.7 Å². The van der Waals surface area contributed by atoms with Gasteiger partial charge < -0.3 is 5.11 Å². The average Bonchev–Trinajstić information content (AvgIpc) is 2.01. The smallest absolute Gasteiger partial charge is 0.230 e. The molecule has 0 saturated carbocycles. The highest BCUT2D eigenvalue weighted by Crippen LogP contribution is 2.04. The van der Waals surface area contributed by atoms with Gasteiger partial charge in [0, 0.05) is 16.5 Å². The van der Waals surface area contributed by atoms with E-state index >= 15 is 0 Å². The summed E-state index contributed by atoms with van der Waals surface area (Å²) in [5.41, 5.74) is -0.171. The average molecular weight is 203 g/mol. The number of hydrogen-bond donors (Lipinski definition) is 2. The van der Waals surface area contributed by atoms with E-state index in [1.165, 1.54) is 15.7 Å². The quantitative estimate of drug-likeness (QED) is 0.438. The summed E-state index contributed by atoms with van der Waals surface area (Å²) >= 11 is 0. The van der Waals surface area contributed by atoms with Crippen molar-refractivity contribution in [2.24, 2.45) is 0 Å². The van der Waals surface area contributed by atoms with Crippen LogP contribution in [0.25, 0.3) is 0 Å². The first-order valence-corrected chi connectivity index (χ1v) is 5.68. The van der Waals surface area contributed by atoms with Crippen LogP contribution in [0.4, 0.5) is 0 Å². The van der Waals surface area contributed by atoms with Gasteiger partial charge in [-0.1, -0.05) is 6.92 Å². The molecule has 2 N–H and O–H groups in total. The summed E-state index contributed by atoms with van der Waals surface area (Å²) in [6, 6.07) is -0.112. The first-order chi connectivity index (χ1) is 5.81. The molecule has 7 heteroatoms. The van der Waals surface area contributed by atoms with Crippen molar-refractivity contribution in [2.75, 3.05) is 0 Å². The van der Waals surface area contributed by atoms with Crippen molar-refractivity contribution < 1.29 is 13.5 Å². The minimum absolute atomic E-state index is 0.0206. The Morgan fingerprint density at radius 2 is 2.00 bits per heavy atom. The van der Waals surface area contributed by atoms with Crippen molar-refractivity contribution in [1.29, 1.82) is 0 Å². The molecule has 0 aromatic heterocycles. The van der Waals surface area contributed by atoms with E-state index in [2.05, 4.69) is 4.72 Å². The molecule has 0 fully saturated rings. The first-order valence-electron chi connectivity index (χ1n) is 4.20. The van der Waals surface area contributed by atoms with Gasteiger partial charge in [0.25, 0.3) is 0 Å². The van der Waals surface area contributed by atoms with Gasteiger partial charge in [-0.05, 0) is 13.3 Å². The number of aliphatic hydroxyl groups excluding tert-OH is 1. The molecule has 0 heterocycles. The molecule has 0 aliphatic heterocycles. The van der Waals surface area contributed by atoms with Gasteiger partial charge in [-0.25, -0.2) is 13.1 Å². The van der Waals surface area contributed by atoms with E-state index in [-0.39, 0.29) is 16.5 Å². The lowest BCUT2D eigenvalue weighted by molar-refractivity contribution is 0.450. The predicted molar refractivity (Wildman–Crippen MR) is 58.6 cm³/mol. The van der Waals surface area contributed by atoms with Gasteiger partial charge in [0.1, 0.15) is 0 Å². The molecule has 0 aromatic carbocycles. The predicted octanol–water partition coefficient (Wildman–Crippen LogP) is -1.34. The molecule has 13 heavy (non-hydrogen) atoms. The van der Waals surface area contributed by atoms with Crippen LogP contribution in [-0.2, 0) is 10.0 Å². The Bertz CT molecular complexity index is 295. The van der Waals surface area contributed by atoms with Crippen molar-refractivity contribution in [3.05, 3.63) is 10.5 Å². The Balaban J connectivity index is 4.71. The van der Waals surface area contributed by atoms with E-state index < -0.39 is 10.0 Å². The molecule has 4 nitrogen and oxygen atoms in total. The largest absolute Gasteiger partial charge is 0.523 e. The molecule has 0 aliphatic carbocycles. The molecule has 74 valence electrons. The van der Waals surface area contributed by atoms with Crippen LogP contribution in [0.5, 0.6) is 0 Å². The fourth-order valence-corrected chi connectivity index (χ4v) is 1.89. The van der Waals surface area contributed by atoms with E-state index in [0.717, 1.165) is 6.42 Å². The minimum Gasteiger partial charge on any atom is -0.523 e. The molecule has 0 aliphatic rings. The Kier molecular flexibility index (Phi) is 4.56. The summed E-state index contributed by atoms with van der Waals surface area (Å²) in [5, 5.41) is 9.00. The molecule has 0 radical (unpaired) electrons. The van der Waals surface area contributed by atoms with E-state index in [1.54, 1.807) is 6.92 Å². The highest BCUT2D eigenvalue weighted by molar-refractivity contribution is 7.95. The zero-order chi connectivity index (χ0) is 10.6. The van der Waals surface area contributed by atoms with Crippen molar-refractivity contribution in [3.8, 4) is 0 Å². The minimum atomic E-state index is -3.49. The summed E-state index contributed by atoms with van der Waals surface area (Å²) in [6.07, 6.45) is 0.719. The third-order valence-corrected chi connectivity index (χ3v) is 3.70. The SMILES string of the molecule is B/C(O)=C(\B)S(=O)(=O)NC(C)CC. The lowest BCUT2D eigenvalue weighted by Gasteiger charge is -2.12. The molecular weight excluding hydrogens is 188 g/mol. The van der Waals surface area contributed by atoms with Gasteiger partial charge in [0.05, 0.1) is 0 Å². The summed E-state index contributed by atoms with van der Waals surface area (Å²) in [5.74, 6) is 0. The van der Waals surface area contributed by atoms with E-state index in [9.17, 15) is 8.42 Å². The summed E-state index contributed by atoms with van der Waals surface area (Å²) in [6.45, 7) is 3.66. The van der Waals surface area contributed by atoms with E-state index in [4.69, 9.17) is 5.11 Å². The van der Waals surface area contributed by atoms with Crippen molar-refractivity contribution in [2.45, 2.75) is 26.3 Å². The molecular formula is C6H15B2NO3S. The highest BCUT2D eigenvalue weighted by Gasteiger charge is 2.17. The van der Waals surface area contributed by atoms with Gasteiger partial charge >= 0.3 is 0 Å². The number of aliphatic hydroxyl groups is 1. The summed E-state index contributed by atoms with van der Waals surface area (Å²) in [7, 11) is -0.764. The number of hydrogen-bond acceptors (Lipinski definition) is 3. The number of sulfonamides is 1. The molecule has 0 spiro atoms. The Hall–Kier alpha value is -0.420. The Labute approximate surface area is 81.3 Å². The van der Waals surface area contributed by atoms with Crippen molar-refractivity contribution in [3.63, 3.8) is 0 Å². The Morgan fingerprint density at radius 1 is 1.54 bits per heavy atom. The van der Waals surface area contributed by atoms with Crippen LogP contribution in [0, 0.1) is 0 Å². The monoisotopic (exact) mass is 203 g/mol. The van der Waals surface area contributed by atoms with Crippen LogP contribution in [-0.4, -0.2) is 35.3 Å². The third kappa shape index (κ3) is 3.87. The van der Waals surface area contributed by atoms with Gasteiger partial charge in [0.2, 0.25) is 10.0 Å². The molecule has 0 rings (SSSR count). The summed E-state index contributed by atoms with van der Waals surface area (Å²) in [4.78, 5) is -0.0206. The first kappa shape index (κ1) is 12.6. The van der Waals surface area contributed by atoms with Crippen LogP contribution >= 0.6 is 0 Å². The lowest BCUT2D eigenvalue weighted by atomic mass is 9.99. The fourth-order valence-electron chi connectivity index (χ4n) is 0.631. The van der Waals surface area contributed by atoms with Gasteiger partial charge in [-0.3, -0.25) is 0 Å². The molecule has 0 aromatic rings. The second kappa shape index (κ2) is 4.72. The standard InChI is InChI=1S/C6H15B2NO3S/c1-3-4(2)9-13(11,12)6(8)5(7)10/h4,9-10H,3,7-8H2,1-2H3/b6-5-. The van der Waals surface area contributed by atoms with Gasteiger partial charge in [-0.15, -0.1) is 0 Å². The van der Waals surface area contributed by atoms with Crippen LogP contribution in [0.2, 0.25) is 0 Å². The Morgan fingerprint density at radius 3 is 2.31 bits per heavy atom. The van der Waals surface area contributed by atoms with Crippen LogP contribution in [0.1, 0.15) is 20.3 Å². The maximum atomic E-state index is 11.4. The molecule has 0 amide bonds. The lowest BCUT2D eigenvalue weighted by Crippen LogP contribution is -2.33.